The zero-order chi connectivity index (χ0) is 16.5. The van der Waals surface area contributed by atoms with Crippen LogP contribution in [0, 0.1) is 20.8 Å². The summed E-state index contributed by atoms with van der Waals surface area (Å²) in [7, 11) is 0. The molecule has 2 heterocycles. The van der Waals surface area contributed by atoms with Crippen LogP contribution in [-0.2, 0) is 16.9 Å². The number of pyridine rings is 1. The van der Waals surface area contributed by atoms with Crippen LogP contribution in [-0.4, -0.2) is 15.5 Å². The first-order chi connectivity index (χ1) is 10.2. The molecule has 5 nitrogen and oxygen atoms in total. The summed E-state index contributed by atoms with van der Waals surface area (Å²) in [5.41, 5.74) is 1.14. The SMILES string of the molecule is Cc1ccn(CC(=O)NC(C)(C)c2nc(C)c(C)s2)c(=O)c1. The first-order valence-electron chi connectivity index (χ1n) is 7.11. The second-order valence-corrected chi connectivity index (χ2v) is 7.21. The van der Waals surface area contributed by atoms with Gasteiger partial charge >= 0.3 is 0 Å². The largest absolute Gasteiger partial charge is 0.343 e. The van der Waals surface area contributed by atoms with Crippen LogP contribution in [0.5, 0.6) is 0 Å². The van der Waals surface area contributed by atoms with Crippen molar-refractivity contribution in [2.45, 2.75) is 46.7 Å². The zero-order valence-electron chi connectivity index (χ0n) is 13.6. The Morgan fingerprint density at radius 2 is 2.05 bits per heavy atom. The molecule has 1 N–H and O–H groups in total. The van der Waals surface area contributed by atoms with Crippen LogP contribution in [0.3, 0.4) is 0 Å². The van der Waals surface area contributed by atoms with Crippen molar-refractivity contribution < 1.29 is 4.79 Å². The van der Waals surface area contributed by atoms with Crippen LogP contribution in [0.2, 0.25) is 0 Å². The molecule has 6 heteroatoms. The highest BCUT2D eigenvalue weighted by atomic mass is 32.1. The van der Waals surface area contributed by atoms with Gasteiger partial charge in [0.25, 0.3) is 5.56 Å². The standard InChI is InChI=1S/C16H21N3O2S/c1-10-6-7-19(14(21)8-10)9-13(20)18-16(4,5)15-17-11(2)12(3)22-15/h6-8H,9H2,1-5H3,(H,18,20). The monoisotopic (exact) mass is 319 g/mol. The van der Waals surface area contributed by atoms with Gasteiger partial charge in [-0.05, 0) is 46.2 Å². The quantitative estimate of drug-likeness (QED) is 0.940. The van der Waals surface area contributed by atoms with Crippen molar-refractivity contribution in [3.8, 4) is 0 Å². The fourth-order valence-electron chi connectivity index (χ4n) is 2.07. The maximum atomic E-state index is 12.2. The third kappa shape index (κ3) is 3.62. The van der Waals surface area contributed by atoms with E-state index in [2.05, 4.69) is 10.3 Å². The fraction of sp³-hybridized carbons (Fsp3) is 0.438. The maximum absolute atomic E-state index is 12.2. The van der Waals surface area contributed by atoms with Gasteiger partial charge < -0.3 is 9.88 Å². The van der Waals surface area contributed by atoms with E-state index in [1.807, 2.05) is 40.7 Å². The molecule has 0 aliphatic rings. The second kappa shape index (κ2) is 6.04. The number of nitrogens with zero attached hydrogens (tertiary/aromatic N) is 2. The van der Waals surface area contributed by atoms with Crippen LogP contribution in [0.1, 0.15) is 35.0 Å². The summed E-state index contributed by atoms with van der Waals surface area (Å²) in [6.07, 6.45) is 1.64. The third-order valence-electron chi connectivity index (χ3n) is 3.48. The molecule has 0 saturated heterocycles. The molecule has 0 bridgehead atoms. The Kier molecular flexibility index (Phi) is 4.51. The summed E-state index contributed by atoms with van der Waals surface area (Å²) in [5.74, 6) is -0.207. The Balaban J connectivity index is 2.12. The summed E-state index contributed by atoms with van der Waals surface area (Å²) < 4.78 is 1.40. The van der Waals surface area contributed by atoms with E-state index in [1.54, 1.807) is 17.5 Å². The number of rotatable bonds is 4. The minimum Gasteiger partial charge on any atom is -0.343 e. The molecule has 2 rings (SSSR count). The van der Waals surface area contributed by atoms with E-state index < -0.39 is 5.54 Å². The minimum absolute atomic E-state index is 0.00584. The lowest BCUT2D eigenvalue weighted by Crippen LogP contribution is -2.43. The average molecular weight is 319 g/mol. The van der Waals surface area contributed by atoms with Crippen molar-refractivity contribution >= 4 is 17.2 Å². The normalized spacial score (nSPS) is 11.5. The van der Waals surface area contributed by atoms with Crippen molar-refractivity contribution in [1.82, 2.24) is 14.9 Å². The Labute approximate surface area is 134 Å². The Hall–Kier alpha value is -1.95. The Bertz CT molecular complexity index is 739. The van der Waals surface area contributed by atoms with E-state index >= 15 is 0 Å². The summed E-state index contributed by atoms with van der Waals surface area (Å²) >= 11 is 1.58. The van der Waals surface area contributed by atoms with E-state index in [1.165, 1.54) is 10.6 Å². The molecule has 2 aromatic heterocycles. The highest BCUT2D eigenvalue weighted by Crippen LogP contribution is 2.27. The van der Waals surface area contributed by atoms with Gasteiger partial charge in [0.2, 0.25) is 5.91 Å². The summed E-state index contributed by atoms with van der Waals surface area (Å²) in [6, 6.07) is 3.33. The summed E-state index contributed by atoms with van der Waals surface area (Å²) in [6.45, 7) is 9.66. The van der Waals surface area contributed by atoms with Crippen molar-refractivity contribution in [3.05, 3.63) is 49.8 Å². The van der Waals surface area contributed by atoms with Crippen molar-refractivity contribution in [2.24, 2.45) is 0 Å². The van der Waals surface area contributed by atoms with Gasteiger partial charge in [-0.3, -0.25) is 9.59 Å². The van der Waals surface area contributed by atoms with Gasteiger partial charge in [0, 0.05) is 17.1 Å². The molecule has 22 heavy (non-hydrogen) atoms. The minimum atomic E-state index is -0.560. The van der Waals surface area contributed by atoms with Gasteiger partial charge in [-0.15, -0.1) is 11.3 Å². The number of carbonyl (C=O) groups is 1. The highest BCUT2D eigenvalue weighted by Gasteiger charge is 2.27. The number of aryl methyl sites for hydroxylation is 3. The topological polar surface area (TPSA) is 64.0 Å². The van der Waals surface area contributed by atoms with Crippen LogP contribution in [0.4, 0.5) is 0 Å². The van der Waals surface area contributed by atoms with Gasteiger partial charge in [0.15, 0.2) is 0 Å². The predicted molar refractivity (Wildman–Crippen MR) is 88.2 cm³/mol. The van der Waals surface area contributed by atoms with E-state index in [-0.39, 0.29) is 18.0 Å². The number of hydrogen-bond acceptors (Lipinski definition) is 4. The van der Waals surface area contributed by atoms with Crippen LogP contribution < -0.4 is 10.9 Å². The summed E-state index contributed by atoms with van der Waals surface area (Å²) in [5, 5.41) is 3.82. The molecule has 0 aliphatic carbocycles. The average Bonchev–Trinajstić information content (AvgIpc) is 2.73. The Morgan fingerprint density at radius 1 is 1.36 bits per heavy atom. The molecule has 0 aromatic carbocycles. The Morgan fingerprint density at radius 3 is 2.59 bits per heavy atom. The first kappa shape index (κ1) is 16.4. The lowest BCUT2D eigenvalue weighted by molar-refractivity contribution is -0.123. The fourth-order valence-corrected chi connectivity index (χ4v) is 3.05. The molecule has 0 unspecified atom stereocenters. The van der Waals surface area contributed by atoms with Crippen LogP contribution >= 0.6 is 11.3 Å². The van der Waals surface area contributed by atoms with Gasteiger partial charge in [-0.2, -0.15) is 0 Å². The molecule has 0 fully saturated rings. The second-order valence-electron chi connectivity index (χ2n) is 6.00. The highest BCUT2D eigenvalue weighted by molar-refractivity contribution is 7.11. The molecule has 0 aliphatic heterocycles. The van der Waals surface area contributed by atoms with E-state index in [9.17, 15) is 9.59 Å². The third-order valence-corrected chi connectivity index (χ3v) is 4.88. The molecule has 2 aromatic rings. The predicted octanol–water partition coefficient (Wildman–Crippen LogP) is 2.28. The maximum Gasteiger partial charge on any atom is 0.251 e. The lowest BCUT2D eigenvalue weighted by Gasteiger charge is -2.24. The van der Waals surface area contributed by atoms with E-state index in [0.717, 1.165) is 21.1 Å². The number of aromatic nitrogens is 2. The number of nitrogens with one attached hydrogen (secondary N) is 1. The summed E-state index contributed by atoms with van der Waals surface area (Å²) in [4.78, 5) is 29.7. The van der Waals surface area contributed by atoms with E-state index in [0.29, 0.717) is 0 Å². The molecule has 0 radical (unpaired) electrons. The van der Waals surface area contributed by atoms with Crippen molar-refractivity contribution in [1.29, 1.82) is 0 Å². The lowest BCUT2D eigenvalue weighted by atomic mass is 10.1. The molecule has 0 spiro atoms. The van der Waals surface area contributed by atoms with Crippen molar-refractivity contribution in [2.75, 3.05) is 0 Å². The first-order valence-corrected chi connectivity index (χ1v) is 7.93. The van der Waals surface area contributed by atoms with Gasteiger partial charge in [-0.1, -0.05) is 0 Å². The van der Waals surface area contributed by atoms with Crippen LogP contribution in [0.15, 0.2) is 23.1 Å². The number of thiazole rings is 1. The van der Waals surface area contributed by atoms with Gasteiger partial charge in [-0.25, -0.2) is 4.98 Å². The molecule has 0 saturated carbocycles. The van der Waals surface area contributed by atoms with Crippen LogP contribution in [0.25, 0.3) is 0 Å². The van der Waals surface area contributed by atoms with Gasteiger partial charge in [0.05, 0.1) is 11.2 Å². The number of carbonyl (C=O) groups excluding carboxylic acids is 1. The smallest absolute Gasteiger partial charge is 0.251 e. The molecule has 118 valence electrons. The zero-order valence-corrected chi connectivity index (χ0v) is 14.4. The molecule has 0 atom stereocenters. The van der Waals surface area contributed by atoms with Crippen molar-refractivity contribution in [3.63, 3.8) is 0 Å². The molecular formula is C16H21N3O2S. The van der Waals surface area contributed by atoms with Gasteiger partial charge in [0.1, 0.15) is 11.6 Å². The molecular weight excluding hydrogens is 298 g/mol. The van der Waals surface area contributed by atoms with E-state index in [4.69, 9.17) is 0 Å². The number of hydrogen-bond donors (Lipinski definition) is 1. The molecule has 1 amide bonds. The number of amides is 1.